The normalized spacial score (nSPS) is 22.9. The van der Waals surface area contributed by atoms with Crippen LogP contribution in [0.1, 0.15) is 55.6 Å². The van der Waals surface area contributed by atoms with Gasteiger partial charge in [-0.3, -0.25) is 9.59 Å². The number of halogens is 1. The smallest absolute Gasteiger partial charge is 0.338 e. The van der Waals surface area contributed by atoms with Crippen molar-refractivity contribution in [1.82, 2.24) is 0 Å². The van der Waals surface area contributed by atoms with Gasteiger partial charge in [0.25, 0.3) is 0 Å². The first-order valence-corrected chi connectivity index (χ1v) is 9.96. The zero-order chi connectivity index (χ0) is 21.7. The Morgan fingerprint density at radius 3 is 2.55 bits per heavy atom. The van der Waals surface area contributed by atoms with Gasteiger partial charge in [-0.15, -0.1) is 0 Å². The number of Topliss-reactive ketones (excluding diaryl/α,β-unsaturated/α-hetero) is 1. The molecule has 0 aromatic heterocycles. The highest BCUT2D eigenvalue weighted by molar-refractivity contribution is 6.33. The largest absolute Gasteiger partial charge is 0.472 e. The van der Waals surface area contributed by atoms with Crippen LogP contribution >= 0.6 is 11.6 Å². The molecule has 1 aliphatic heterocycles. The number of fused-ring (bicyclic) bond motifs is 1. The number of hydrogen-bond acceptors (Lipinski definition) is 6. The third kappa shape index (κ3) is 3.33. The molecule has 2 atom stereocenters. The van der Waals surface area contributed by atoms with E-state index in [1.54, 1.807) is 53.7 Å². The maximum Gasteiger partial charge on any atom is 0.338 e. The highest BCUT2D eigenvalue weighted by Gasteiger charge is 2.64. The van der Waals surface area contributed by atoms with Crippen molar-refractivity contribution in [1.29, 1.82) is 0 Å². The quantitative estimate of drug-likeness (QED) is 0.684. The Morgan fingerprint density at radius 2 is 1.97 bits per heavy atom. The molecule has 2 aliphatic rings. The molecule has 1 spiro atoms. The van der Waals surface area contributed by atoms with Crippen LogP contribution in [-0.4, -0.2) is 35.5 Å². The lowest BCUT2D eigenvalue weighted by Gasteiger charge is -2.32. The molecular weight excluding hydrogens is 396 g/mol. The van der Waals surface area contributed by atoms with Gasteiger partial charge in [-0.25, -0.2) is 4.79 Å². The molecule has 156 valence electrons. The second-order valence-electron chi connectivity index (χ2n) is 8.33. The molecule has 29 heavy (non-hydrogen) atoms. The van der Waals surface area contributed by atoms with Crippen LogP contribution in [0.4, 0.5) is 0 Å². The summed E-state index contributed by atoms with van der Waals surface area (Å²) in [6.45, 7) is 10.6. The predicted octanol–water partition coefficient (Wildman–Crippen LogP) is 4.12. The molecular formula is C22H25ClO6. The Morgan fingerprint density at radius 1 is 1.31 bits per heavy atom. The summed E-state index contributed by atoms with van der Waals surface area (Å²) in [7, 11) is 0. The lowest BCUT2D eigenvalue weighted by atomic mass is 9.80. The molecule has 0 unspecified atom stereocenters. The number of ether oxygens (including phenoxy) is 3. The van der Waals surface area contributed by atoms with Gasteiger partial charge in [0, 0.05) is 5.02 Å². The molecule has 1 aromatic carbocycles. The van der Waals surface area contributed by atoms with Gasteiger partial charge in [0.1, 0.15) is 17.3 Å². The van der Waals surface area contributed by atoms with Gasteiger partial charge in [-0.1, -0.05) is 17.7 Å². The summed E-state index contributed by atoms with van der Waals surface area (Å²) >= 11 is 6.35. The van der Waals surface area contributed by atoms with Gasteiger partial charge >= 0.3 is 11.9 Å². The summed E-state index contributed by atoms with van der Waals surface area (Å²) in [5.41, 5.74) is -0.952. The van der Waals surface area contributed by atoms with Gasteiger partial charge in [0.15, 0.2) is 0 Å². The number of rotatable bonds is 3. The molecule has 7 heteroatoms. The van der Waals surface area contributed by atoms with Crippen molar-refractivity contribution >= 4 is 29.3 Å². The number of allylic oxidation sites excluding steroid dienone is 1. The fourth-order valence-corrected chi connectivity index (χ4v) is 4.07. The van der Waals surface area contributed by atoms with E-state index < -0.39 is 34.8 Å². The van der Waals surface area contributed by atoms with E-state index in [1.165, 1.54) is 0 Å². The van der Waals surface area contributed by atoms with E-state index in [0.717, 1.165) is 5.56 Å². The fraction of sp³-hybridized carbons (Fsp3) is 0.500. The van der Waals surface area contributed by atoms with E-state index in [2.05, 4.69) is 0 Å². The van der Waals surface area contributed by atoms with Crippen LogP contribution in [0.2, 0.25) is 5.02 Å². The topological polar surface area (TPSA) is 78.9 Å². The zero-order valence-electron chi connectivity index (χ0n) is 17.5. The van der Waals surface area contributed by atoms with E-state index in [1.807, 2.05) is 0 Å². The first kappa shape index (κ1) is 21.4. The standard InChI is InChI=1S/C22H25ClO6/c1-7-27-19(25)13-8-9-14(20(26)29-21(4,5)6)22(13)18(24)16-12(3)17(23)11(2)10-15(16)28-22/h8,10,14H,7,9H2,1-6H3/t14-,22-/m1/s1. The molecule has 3 rings (SSSR count). The highest BCUT2D eigenvalue weighted by atomic mass is 35.5. The van der Waals surface area contributed by atoms with E-state index in [9.17, 15) is 14.4 Å². The lowest BCUT2D eigenvalue weighted by molar-refractivity contribution is -0.164. The summed E-state index contributed by atoms with van der Waals surface area (Å²) in [6.07, 6.45) is 1.68. The number of carbonyl (C=O) groups is 3. The minimum atomic E-state index is -1.81. The average molecular weight is 421 g/mol. The predicted molar refractivity (Wildman–Crippen MR) is 107 cm³/mol. The van der Waals surface area contributed by atoms with Gasteiger partial charge in [0.2, 0.25) is 11.4 Å². The van der Waals surface area contributed by atoms with Crippen molar-refractivity contribution in [2.75, 3.05) is 6.61 Å². The van der Waals surface area contributed by atoms with Crippen LogP contribution in [0.3, 0.4) is 0 Å². The van der Waals surface area contributed by atoms with Crippen molar-refractivity contribution in [3.05, 3.63) is 39.4 Å². The van der Waals surface area contributed by atoms with Crippen molar-refractivity contribution in [3.63, 3.8) is 0 Å². The van der Waals surface area contributed by atoms with E-state index in [-0.39, 0.29) is 24.2 Å². The van der Waals surface area contributed by atoms with E-state index in [4.69, 9.17) is 25.8 Å². The first-order chi connectivity index (χ1) is 13.4. The Bertz CT molecular complexity index is 940. The number of hydrogen-bond donors (Lipinski definition) is 0. The molecule has 0 saturated carbocycles. The van der Waals surface area contributed by atoms with Gasteiger partial charge in [0.05, 0.1) is 17.7 Å². The van der Waals surface area contributed by atoms with Crippen LogP contribution in [0.5, 0.6) is 5.75 Å². The van der Waals surface area contributed by atoms with E-state index >= 15 is 0 Å². The summed E-state index contributed by atoms with van der Waals surface area (Å²) in [4.78, 5) is 39.3. The van der Waals surface area contributed by atoms with Crippen molar-refractivity contribution in [3.8, 4) is 5.75 Å². The Hall–Kier alpha value is -2.34. The maximum absolute atomic E-state index is 13.7. The van der Waals surface area contributed by atoms with E-state index in [0.29, 0.717) is 16.3 Å². The lowest BCUT2D eigenvalue weighted by Crippen LogP contribution is -2.52. The number of esters is 2. The van der Waals surface area contributed by atoms with Gasteiger partial charge < -0.3 is 14.2 Å². The second-order valence-corrected chi connectivity index (χ2v) is 8.71. The van der Waals surface area contributed by atoms with Crippen LogP contribution < -0.4 is 4.74 Å². The second kappa shape index (κ2) is 7.17. The van der Waals surface area contributed by atoms with Crippen LogP contribution in [-0.2, 0) is 19.1 Å². The molecule has 1 aromatic rings. The molecule has 0 amide bonds. The van der Waals surface area contributed by atoms with Crippen LogP contribution in [0, 0.1) is 19.8 Å². The Labute approximate surface area is 175 Å². The first-order valence-electron chi connectivity index (χ1n) is 9.58. The molecule has 0 radical (unpaired) electrons. The Balaban J connectivity index is 2.15. The number of ketones is 1. The maximum atomic E-state index is 13.7. The van der Waals surface area contributed by atoms with Crippen LogP contribution in [0.25, 0.3) is 0 Å². The summed E-state index contributed by atoms with van der Waals surface area (Å²) in [6, 6.07) is 1.66. The molecule has 1 aliphatic carbocycles. The molecule has 0 bridgehead atoms. The third-order valence-corrected chi connectivity index (χ3v) is 5.70. The fourth-order valence-electron chi connectivity index (χ4n) is 3.92. The van der Waals surface area contributed by atoms with Gasteiger partial charge in [-0.05, 0) is 65.2 Å². The average Bonchev–Trinajstić information content (AvgIpc) is 3.11. The van der Waals surface area contributed by atoms with Crippen molar-refractivity contribution in [2.24, 2.45) is 5.92 Å². The molecule has 0 fully saturated rings. The number of carbonyl (C=O) groups excluding carboxylic acids is 3. The molecule has 0 N–H and O–H groups in total. The highest BCUT2D eigenvalue weighted by Crippen LogP contribution is 2.51. The van der Waals surface area contributed by atoms with Crippen molar-refractivity contribution < 1.29 is 28.6 Å². The third-order valence-electron chi connectivity index (χ3n) is 5.11. The monoisotopic (exact) mass is 420 g/mol. The zero-order valence-corrected chi connectivity index (χ0v) is 18.2. The van der Waals surface area contributed by atoms with Gasteiger partial charge in [-0.2, -0.15) is 0 Å². The Kier molecular flexibility index (Phi) is 5.28. The summed E-state index contributed by atoms with van der Waals surface area (Å²) in [5.74, 6) is -2.45. The minimum absolute atomic E-state index is 0.0320. The SMILES string of the molecule is CCOC(=O)C1=CC[C@H](C(=O)OC(C)(C)C)[C@]12Oc1cc(C)c(Cl)c(C)c1C2=O. The number of aryl methyl sites for hydroxylation is 1. The summed E-state index contributed by atoms with van der Waals surface area (Å²) < 4.78 is 16.8. The number of benzene rings is 1. The molecule has 6 nitrogen and oxygen atoms in total. The van der Waals surface area contributed by atoms with Crippen LogP contribution in [0.15, 0.2) is 17.7 Å². The molecule has 1 heterocycles. The minimum Gasteiger partial charge on any atom is -0.472 e. The summed E-state index contributed by atoms with van der Waals surface area (Å²) in [5, 5.41) is 0.450. The van der Waals surface area contributed by atoms with Crippen molar-refractivity contribution in [2.45, 2.75) is 59.2 Å². The molecule has 0 saturated heterocycles.